The number of aromatic nitrogens is 3. The third-order valence-electron chi connectivity index (χ3n) is 3.79. The van der Waals surface area contributed by atoms with Crippen molar-refractivity contribution in [3.63, 3.8) is 0 Å². The normalized spacial score (nSPS) is 15.3. The first kappa shape index (κ1) is 15.9. The first-order valence-corrected chi connectivity index (χ1v) is 8.68. The summed E-state index contributed by atoms with van der Waals surface area (Å²) in [6.07, 6.45) is 2.81. The van der Waals surface area contributed by atoms with Gasteiger partial charge >= 0.3 is 5.69 Å². The Morgan fingerprint density at radius 3 is 2.87 bits per heavy atom. The maximum atomic E-state index is 12.2. The van der Waals surface area contributed by atoms with E-state index in [0.29, 0.717) is 11.7 Å². The maximum Gasteiger partial charge on any atom is 0.344 e. The van der Waals surface area contributed by atoms with Crippen LogP contribution in [0.4, 0.5) is 0 Å². The zero-order valence-corrected chi connectivity index (χ0v) is 13.8. The van der Waals surface area contributed by atoms with E-state index in [9.17, 15) is 9.59 Å². The molecule has 1 aliphatic carbocycles. The van der Waals surface area contributed by atoms with E-state index in [2.05, 4.69) is 15.5 Å². The Labute approximate surface area is 138 Å². The molecule has 1 atom stereocenters. The van der Waals surface area contributed by atoms with Crippen LogP contribution in [0, 0.1) is 0 Å². The van der Waals surface area contributed by atoms with E-state index in [-0.39, 0.29) is 22.9 Å². The molecular formula is C16H20N4O2S. The SMILES string of the molecule is C[C@H](Sc1n[nH]c(=O)n1C1CC1)C(=O)NCCc1ccccc1. The summed E-state index contributed by atoms with van der Waals surface area (Å²) in [6, 6.07) is 10.3. The molecular weight excluding hydrogens is 312 g/mol. The molecule has 1 aromatic heterocycles. The van der Waals surface area contributed by atoms with Crippen LogP contribution in [0.3, 0.4) is 0 Å². The van der Waals surface area contributed by atoms with Gasteiger partial charge < -0.3 is 5.32 Å². The van der Waals surface area contributed by atoms with Gasteiger partial charge in [0.05, 0.1) is 5.25 Å². The maximum absolute atomic E-state index is 12.2. The number of carbonyl (C=O) groups excluding carboxylic acids is 1. The summed E-state index contributed by atoms with van der Waals surface area (Å²) >= 11 is 1.32. The van der Waals surface area contributed by atoms with E-state index >= 15 is 0 Å². The lowest BCUT2D eigenvalue weighted by Gasteiger charge is -2.12. The number of aromatic amines is 1. The van der Waals surface area contributed by atoms with Gasteiger partial charge in [-0.05, 0) is 31.7 Å². The molecule has 6 nitrogen and oxygen atoms in total. The van der Waals surface area contributed by atoms with Crippen molar-refractivity contribution in [1.82, 2.24) is 20.1 Å². The predicted molar refractivity (Wildman–Crippen MR) is 89.6 cm³/mol. The van der Waals surface area contributed by atoms with Crippen LogP contribution in [0.5, 0.6) is 0 Å². The lowest BCUT2D eigenvalue weighted by molar-refractivity contribution is -0.120. The van der Waals surface area contributed by atoms with Gasteiger partial charge in [0.2, 0.25) is 5.91 Å². The number of rotatable bonds is 7. The lowest BCUT2D eigenvalue weighted by atomic mass is 10.1. The highest BCUT2D eigenvalue weighted by Crippen LogP contribution is 2.36. The van der Waals surface area contributed by atoms with Gasteiger partial charge in [0, 0.05) is 12.6 Å². The summed E-state index contributed by atoms with van der Waals surface area (Å²) in [5.74, 6) is -0.0382. The monoisotopic (exact) mass is 332 g/mol. The fourth-order valence-electron chi connectivity index (χ4n) is 2.36. The highest BCUT2D eigenvalue weighted by atomic mass is 32.2. The molecule has 122 valence electrons. The van der Waals surface area contributed by atoms with E-state index in [1.54, 1.807) is 4.57 Å². The second-order valence-corrected chi connectivity index (χ2v) is 7.01. The van der Waals surface area contributed by atoms with Gasteiger partial charge in [0.25, 0.3) is 0 Å². The van der Waals surface area contributed by atoms with Crippen molar-refractivity contribution in [2.75, 3.05) is 6.54 Å². The van der Waals surface area contributed by atoms with Crippen molar-refractivity contribution in [1.29, 1.82) is 0 Å². The van der Waals surface area contributed by atoms with E-state index in [1.165, 1.54) is 17.3 Å². The molecule has 2 aromatic rings. The zero-order valence-electron chi connectivity index (χ0n) is 13.0. The summed E-state index contributed by atoms with van der Waals surface area (Å²) in [7, 11) is 0. The van der Waals surface area contributed by atoms with E-state index < -0.39 is 0 Å². The number of nitrogens with zero attached hydrogens (tertiary/aromatic N) is 2. The van der Waals surface area contributed by atoms with Crippen LogP contribution in [-0.2, 0) is 11.2 Å². The molecule has 0 aliphatic heterocycles. The number of amides is 1. The smallest absolute Gasteiger partial charge is 0.344 e. The topological polar surface area (TPSA) is 79.8 Å². The van der Waals surface area contributed by atoms with Gasteiger partial charge in [-0.3, -0.25) is 9.36 Å². The van der Waals surface area contributed by atoms with Crippen LogP contribution in [0.2, 0.25) is 0 Å². The van der Waals surface area contributed by atoms with Crippen molar-refractivity contribution in [2.24, 2.45) is 0 Å². The Bertz CT molecular complexity index is 721. The lowest BCUT2D eigenvalue weighted by Crippen LogP contribution is -2.32. The van der Waals surface area contributed by atoms with E-state index in [0.717, 1.165) is 19.3 Å². The molecule has 1 fully saturated rings. The van der Waals surface area contributed by atoms with Gasteiger partial charge in [-0.2, -0.15) is 0 Å². The largest absolute Gasteiger partial charge is 0.355 e. The summed E-state index contributed by atoms with van der Waals surface area (Å²) in [6.45, 7) is 2.43. The molecule has 0 unspecified atom stereocenters. The Morgan fingerprint density at radius 2 is 2.17 bits per heavy atom. The van der Waals surface area contributed by atoms with E-state index in [4.69, 9.17) is 0 Å². The number of benzene rings is 1. The number of hydrogen-bond donors (Lipinski definition) is 2. The summed E-state index contributed by atoms with van der Waals surface area (Å²) in [5, 5.41) is 9.75. The standard InChI is InChI=1S/C16H20N4O2S/c1-11(14(21)17-10-9-12-5-3-2-4-6-12)23-16-19-18-15(22)20(16)13-7-8-13/h2-6,11,13H,7-10H2,1H3,(H,17,21)(H,18,22)/t11-/m0/s1. The molecule has 0 bridgehead atoms. The molecule has 0 saturated heterocycles. The molecule has 1 amide bonds. The molecule has 1 saturated carbocycles. The van der Waals surface area contributed by atoms with Gasteiger partial charge in [0.1, 0.15) is 0 Å². The van der Waals surface area contributed by atoms with Crippen LogP contribution in [0.15, 0.2) is 40.3 Å². The van der Waals surface area contributed by atoms with E-state index in [1.807, 2.05) is 37.3 Å². The van der Waals surface area contributed by atoms with Crippen molar-refractivity contribution in [3.8, 4) is 0 Å². The first-order valence-electron chi connectivity index (χ1n) is 7.80. The predicted octanol–water partition coefficient (Wildman–Crippen LogP) is 1.75. The Balaban J connectivity index is 1.51. The van der Waals surface area contributed by atoms with Crippen molar-refractivity contribution in [3.05, 3.63) is 46.4 Å². The van der Waals surface area contributed by atoms with Crippen LogP contribution < -0.4 is 11.0 Å². The third kappa shape index (κ3) is 4.04. The molecule has 3 rings (SSSR count). The number of carbonyl (C=O) groups is 1. The van der Waals surface area contributed by atoms with Gasteiger partial charge in [0.15, 0.2) is 5.16 Å². The highest BCUT2D eigenvalue weighted by molar-refractivity contribution is 8.00. The number of thioether (sulfide) groups is 1. The van der Waals surface area contributed by atoms with Gasteiger partial charge in [-0.25, -0.2) is 9.89 Å². The molecule has 23 heavy (non-hydrogen) atoms. The van der Waals surface area contributed by atoms with Crippen molar-refractivity contribution in [2.45, 2.75) is 42.6 Å². The van der Waals surface area contributed by atoms with Gasteiger partial charge in [-0.1, -0.05) is 42.1 Å². The van der Waals surface area contributed by atoms with Crippen LogP contribution in [-0.4, -0.2) is 32.5 Å². The molecule has 1 aliphatic rings. The van der Waals surface area contributed by atoms with Crippen LogP contribution in [0.25, 0.3) is 0 Å². The number of hydrogen-bond acceptors (Lipinski definition) is 4. The Morgan fingerprint density at radius 1 is 1.43 bits per heavy atom. The van der Waals surface area contributed by atoms with Crippen molar-refractivity contribution >= 4 is 17.7 Å². The van der Waals surface area contributed by atoms with Crippen molar-refractivity contribution < 1.29 is 4.79 Å². The third-order valence-corrected chi connectivity index (χ3v) is 4.86. The summed E-state index contributed by atoms with van der Waals surface area (Å²) < 4.78 is 1.67. The fraction of sp³-hybridized carbons (Fsp3) is 0.438. The average molecular weight is 332 g/mol. The second-order valence-electron chi connectivity index (χ2n) is 5.70. The minimum atomic E-state index is -0.293. The molecule has 0 radical (unpaired) electrons. The minimum Gasteiger partial charge on any atom is -0.355 e. The number of nitrogens with one attached hydrogen (secondary N) is 2. The molecule has 1 aromatic carbocycles. The average Bonchev–Trinajstić information content (AvgIpc) is 3.32. The summed E-state index contributed by atoms with van der Waals surface area (Å²) in [4.78, 5) is 23.9. The van der Waals surface area contributed by atoms with Crippen LogP contribution >= 0.6 is 11.8 Å². The first-order chi connectivity index (χ1) is 11.1. The molecule has 0 spiro atoms. The Hall–Kier alpha value is -2.02. The molecule has 7 heteroatoms. The Kier molecular flexibility index (Phi) is 4.85. The number of H-pyrrole nitrogens is 1. The summed E-state index contributed by atoms with van der Waals surface area (Å²) in [5.41, 5.74) is 1.01. The second kappa shape index (κ2) is 7.04. The molecule has 1 heterocycles. The zero-order chi connectivity index (χ0) is 16.2. The molecule has 2 N–H and O–H groups in total. The fourth-order valence-corrected chi connectivity index (χ4v) is 3.31. The quantitative estimate of drug-likeness (QED) is 0.757. The highest BCUT2D eigenvalue weighted by Gasteiger charge is 2.29. The van der Waals surface area contributed by atoms with Gasteiger partial charge in [-0.15, -0.1) is 5.10 Å². The minimum absolute atomic E-state index is 0.0382. The van der Waals surface area contributed by atoms with Crippen LogP contribution in [0.1, 0.15) is 31.4 Å².